The van der Waals surface area contributed by atoms with Gasteiger partial charge in [0.05, 0.1) is 24.2 Å². The molecule has 0 unspecified atom stereocenters. The zero-order chi connectivity index (χ0) is 20.3. The normalized spacial score (nSPS) is 16.2. The molecule has 1 aliphatic rings. The van der Waals surface area contributed by atoms with Crippen LogP contribution in [0.2, 0.25) is 0 Å². The summed E-state index contributed by atoms with van der Waals surface area (Å²) in [5.41, 5.74) is 0.456. The third kappa shape index (κ3) is 4.30. The topological polar surface area (TPSA) is 87.0 Å². The molecule has 2 aromatic rings. The first-order valence-electron chi connectivity index (χ1n) is 9.04. The molecule has 1 fully saturated rings. The van der Waals surface area contributed by atoms with E-state index in [9.17, 15) is 8.78 Å². The van der Waals surface area contributed by atoms with Crippen molar-refractivity contribution in [2.45, 2.75) is 32.4 Å². The van der Waals surface area contributed by atoms with E-state index in [0.717, 1.165) is 18.7 Å². The summed E-state index contributed by atoms with van der Waals surface area (Å²) in [4.78, 5) is 4.43. The first kappa shape index (κ1) is 19.8. The number of rotatable bonds is 8. The summed E-state index contributed by atoms with van der Waals surface area (Å²) in [5, 5.41) is 17.0. The van der Waals surface area contributed by atoms with Gasteiger partial charge in [0.1, 0.15) is 23.1 Å². The smallest absolute Gasteiger partial charge is 0.210 e. The van der Waals surface area contributed by atoms with Gasteiger partial charge < -0.3 is 26.1 Å². The van der Waals surface area contributed by atoms with Crippen LogP contribution in [0.3, 0.4) is 0 Å². The lowest BCUT2D eigenvalue weighted by Gasteiger charge is -2.21. The van der Waals surface area contributed by atoms with Gasteiger partial charge in [0.25, 0.3) is 0 Å². The number of aromatic nitrogens is 2. The second kappa shape index (κ2) is 8.39. The molecule has 9 heteroatoms. The van der Waals surface area contributed by atoms with Crippen LogP contribution in [-0.4, -0.2) is 35.0 Å². The lowest BCUT2D eigenvalue weighted by atomic mass is 10.2. The standard InChI is InChI=1S/C19H24F2N6O/c1-11(2)23-12(3)24-18-17(9-22)26-19(27(18)14-6-7-28-10-14)25-16-5-4-13(20)8-15(16)21/h4-5,8-9,11,14,22-24H,3,6-7,10H2,1-2H3,(H,25,26)/t14-/m0/s1. The molecule has 1 aliphatic heterocycles. The van der Waals surface area contributed by atoms with Gasteiger partial charge in [0, 0.05) is 24.9 Å². The number of nitrogens with one attached hydrogen (secondary N) is 4. The molecule has 1 aromatic carbocycles. The molecule has 0 amide bonds. The van der Waals surface area contributed by atoms with E-state index < -0.39 is 11.6 Å². The number of hydrogen-bond acceptors (Lipinski definition) is 6. The number of anilines is 3. The van der Waals surface area contributed by atoms with Crippen molar-refractivity contribution in [1.29, 1.82) is 5.41 Å². The summed E-state index contributed by atoms with van der Waals surface area (Å²) >= 11 is 0. The molecular weight excluding hydrogens is 366 g/mol. The van der Waals surface area contributed by atoms with Gasteiger partial charge in [0.2, 0.25) is 5.95 Å². The maximum absolute atomic E-state index is 14.1. The zero-order valence-electron chi connectivity index (χ0n) is 15.9. The van der Waals surface area contributed by atoms with Gasteiger partial charge >= 0.3 is 0 Å². The average Bonchev–Trinajstić information content (AvgIpc) is 3.24. The van der Waals surface area contributed by atoms with Crippen molar-refractivity contribution >= 4 is 23.7 Å². The SMILES string of the molecule is C=C(Nc1c(C=N)nc(Nc2ccc(F)cc2F)n1[C@H]1CCOC1)NC(C)C. The Balaban J connectivity index is 2.01. The Morgan fingerprint density at radius 3 is 2.82 bits per heavy atom. The Bertz CT molecular complexity index is 874. The monoisotopic (exact) mass is 390 g/mol. The third-order valence-electron chi connectivity index (χ3n) is 4.26. The summed E-state index contributed by atoms with van der Waals surface area (Å²) in [6.45, 7) is 8.98. The van der Waals surface area contributed by atoms with Crippen molar-refractivity contribution in [1.82, 2.24) is 14.9 Å². The zero-order valence-corrected chi connectivity index (χ0v) is 15.9. The lowest BCUT2D eigenvalue weighted by Crippen LogP contribution is -2.27. The summed E-state index contributed by atoms with van der Waals surface area (Å²) in [5.74, 6) is 0.0499. The molecule has 1 atom stereocenters. The molecule has 7 nitrogen and oxygen atoms in total. The Labute approximate surface area is 162 Å². The van der Waals surface area contributed by atoms with Crippen LogP contribution in [0.5, 0.6) is 0 Å². The lowest BCUT2D eigenvalue weighted by molar-refractivity contribution is 0.187. The fourth-order valence-electron chi connectivity index (χ4n) is 3.08. The highest BCUT2D eigenvalue weighted by Gasteiger charge is 2.27. The van der Waals surface area contributed by atoms with Gasteiger partial charge in [-0.25, -0.2) is 13.8 Å². The molecule has 1 saturated heterocycles. The molecule has 3 rings (SSSR count). The van der Waals surface area contributed by atoms with Crippen LogP contribution in [0.15, 0.2) is 30.6 Å². The summed E-state index contributed by atoms with van der Waals surface area (Å²) in [6.07, 6.45) is 1.86. The van der Waals surface area contributed by atoms with Crippen LogP contribution in [0.4, 0.5) is 26.2 Å². The highest BCUT2D eigenvalue weighted by atomic mass is 19.1. The number of imidazole rings is 1. The minimum Gasteiger partial charge on any atom is -0.379 e. The minimum absolute atomic E-state index is 0.0541. The van der Waals surface area contributed by atoms with Gasteiger partial charge in [0.15, 0.2) is 0 Å². The Hall–Kier alpha value is -2.94. The van der Waals surface area contributed by atoms with Crippen LogP contribution < -0.4 is 16.0 Å². The Kier molecular flexibility index (Phi) is 5.93. The molecular formula is C19H24F2N6O. The van der Waals surface area contributed by atoms with Crippen molar-refractivity contribution in [3.05, 3.63) is 47.9 Å². The van der Waals surface area contributed by atoms with Crippen LogP contribution in [0.1, 0.15) is 32.0 Å². The van der Waals surface area contributed by atoms with Crippen molar-refractivity contribution < 1.29 is 13.5 Å². The van der Waals surface area contributed by atoms with Crippen LogP contribution in [0, 0.1) is 17.0 Å². The van der Waals surface area contributed by atoms with E-state index >= 15 is 0 Å². The van der Waals surface area contributed by atoms with Crippen LogP contribution in [-0.2, 0) is 4.74 Å². The van der Waals surface area contributed by atoms with Gasteiger partial charge in [-0.2, -0.15) is 0 Å². The van der Waals surface area contributed by atoms with Crippen LogP contribution >= 0.6 is 0 Å². The second-order valence-electron chi connectivity index (χ2n) is 6.85. The fraction of sp³-hybridized carbons (Fsp3) is 0.368. The molecule has 2 heterocycles. The van der Waals surface area contributed by atoms with Crippen molar-refractivity contribution in [3.8, 4) is 0 Å². The van der Waals surface area contributed by atoms with Crippen molar-refractivity contribution in [2.75, 3.05) is 23.8 Å². The highest BCUT2D eigenvalue weighted by molar-refractivity contribution is 5.84. The Morgan fingerprint density at radius 2 is 2.21 bits per heavy atom. The van der Waals surface area contributed by atoms with Gasteiger partial charge in [-0.1, -0.05) is 6.58 Å². The molecule has 1 aromatic heterocycles. The van der Waals surface area contributed by atoms with Gasteiger partial charge in [-0.05, 0) is 32.4 Å². The summed E-state index contributed by atoms with van der Waals surface area (Å²) < 4.78 is 34.7. The molecule has 28 heavy (non-hydrogen) atoms. The fourth-order valence-corrected chi connectivity index (χ4v) is 3.08. The summed E-state index contributed by atoms with van der Waals surface area (Å²) in [7, 11) is 0. The van der Waals surface area contributed by atoms with Crippen LogP contribution in [0.25, 0.3) is 0 Å². The summed E-state index contributed by atoms with van der Waals surface area (Å²) in [6, 6.07) is 3.40. The molecule has 150 valence electrons. The molecule has 0 radical (unpaired) electrons. The Morgan fingerprint density at radius 1 is 1.43 bits per heavy atom. The van der Waals surface area contributed by atoms with E-state index in [0.29, 0.717) is 36.5 Å². The second-order valence-corrected chi connectivity index (χ2v) is 6.85. The highest BCUT2D eigenvalue weighted by Crippen LogP contribution is 2.33. The number of benzene rings is 1. The quantitative estimate of drug-likeness (QED) is 0.516. The predicted octanol–water partition coefficient (Wildman–Crippen LogP) is 3.75. The number of ether oxygens (including phenoxy) is 1. The number of halogens is 2. The first-order valence-corrected chi connectivity index (χ1v) is 9.04. The maximum Gasteiger partial charge on any atom is 0.210 e. The van der Waals surface area contributed by atoms with E-state index in [1.807, 2.05) is 18.4 Å². The van der Waals surface area contributed by atoms with E-state index in [1.165, 1.54) is 12.1 Å². The van der Waals surface area contributed by atoms with Gasteiger partial charge in [-0.3, -0.25) is 4.57 Å². The van der Waals surface area contributed by atoms with Gasteiger partial charge in [-0.15, -0.1) is 0 Å². The molecule has 0 aliphatic carbocycles. The first-order chi connectivity index (χ1) is 13.4. The van der Waals surface area contributed by atoms with Crippen molar-refractivity contribution in [3.63, 3.8) is 0 Å². The predicted molar refractivity (Wildman–Crippen MR) is 105 cm³/mol. The van der Waals surface area contributed by atoms with E-state index in [1.54, 1.807) is 0 Å². The average molecular weight is 390 g/mol. The molecule has 0 saturated carbocycles. The van der Waals surface area contributed by atoms with E-state index in [-0.39, 0.29) is 17.8 Å². The van der Waals surface area contributed by atoms with Crippen molar-refractivity contribution in [2.24, 2.45) is 0 Å². The number of hydrogen-bond donors (Lipinski definition) is 4. The molecule has 0 spiro atoms. The van der Waals surface area contributed by atoms with E-state index in [2.05, 4.69) is 27.5 Å². The third-order valence-corrected chi connectivity index (χ3v) is 4.26. The van der Waals surface area contributed by atoms with E-state index in [4.69, 9.17) is 10.1 Å². The maximum atomic E-state index is 14.1. The number of nitrogens with zero attached hydrogens (tertiary/aromatic N) is 2. The minimum atomic E-state index is -0.728. The molecule has 4 N–H and O–H groups in total. The largest absolute Gasteiger partial charge is 0.379 e. The molecule has 0 bridgehead atoms.